The first-order valence-corrected chi connectivity index (χ1v) is 14.8. The molecule has 1 aliphatic rings. The number of aromatic nitrogens is 2. The second-order valence-corrected chi connectivity index (χ2v) is 11.9. The van der Waals surface area contributed by atoms with Gasteiger partial charge >= 0.3 is 0 Å². The van der Waals surface area contributed by atoms with Crippen molar-refractivity contribution in [2.24, 2.45) is 0 Å². The van der Waals surface area contributed by atoms with Crippen molar-refractivity contribution in [3.8, 4) is 5.69 Å². The molecule has 3 aromatic carbocycles. The maximum atomic E-state index is 11.0. The number of rotatable bonds is 7. The van der Waals surface area contributed by atoms with E-state index in [9.17, 15) is 10.1 Å². The minimum atomic E-state index is -0.386. The van der Waals surface area contributed by atoms with Crippen LogP contribution < -0.4 is 10.2 Å². The normalized spacial score (nSPS) is 16.5. The molecule has 0 saturated carbocycles. The molecule has 2 atom stereocenters. The first-order chi connectivity index (χ1) is 20.3. The molecule has 1 aliphatic heterocycles. The Bertz CT molecular complexity index is 1770. The molecule has 1 saturated heterocycles. The van der Waals surface area contributed by atoms with E-state index in [1.165, 1.54) is 23.3 Å². The predicted molar refractivity (Wildman–Crippen MR) is 172 cm³/mol. The Morgan fingerprint density at radius 1 is 0.881 bits per heavy atom. The van der Waals surface area contributed by atoms with Crippen molar-refractivity contribution in [2.45, 2.75) is 42.6 Å². The van der Waals surface area contributed by atoms with E-state index in [4.69, 9.17) is 17.2 Å². The van der Waals surface area contributed by atoms with Gasteiger partial charge in [0.2, 0.25) is 0 Å². The van der Waals surface area contributed by atoms with Crippen molar-refractivity contribution >= 4 is 40.5 Å². The zero-order chi connectivity index (χ0) is 29.4. The summed E-state index contributed by atoms with van der Waals surface area (Å²) in [5, 5.41) is 15.2. The number of benzene rings is 3. The minimum absolute atomic E-state index is 0.0833. The lowest BCUT2D eigenvalue weighted by molar-refractivity contribution is -0.384. The van der Waals surface area contributed by atoms with E-state index >= 15 is 0 Å². The second kappa shape index (κ2) is 11.4. The monoisotopic (exact) mass is 591 g/mol. The van der Waals surface area contributed by atoms with Crippen LogP contribution in [0.2, 0.25) is 0 Å². The van der Waals surface area contributed by atoms with Crippen molar-refractivity contribution in [1.29, 1.82) is 0 Å². The fraction of sp³-hybridized carbons (Fsp3) is 0.152. The zero-order valence-corrected chi connectivity index (χ0v) is 25.0. The molecule has 0 amide bonds. The molecule has 0 aliphatic carbocycles. The molecule has 0 spiro atoms. The second-order valence-electron chi connectivity index (χ2n) is 10.3. The van der Waals surface area contributed by atoms with Crippen LogP contribution in [0, 0.1) is 30.9 Å². The van der Waals surface area contributed by atoms with Crippen LogP contribution in [0.4, 0.5) is 11.4 Å². The fourth-order valence-corrected chi connectivity index (χ4v) is 6.81. The molecule has 1 N–H and O–H groups in total. The largest absolute Gasteiger partial charge is 0.351 e. The molecule has 6 rings (SSSR count). The summed E-state index contributed by atoms with van der Waals surface area (Å²) < 4.78 is 2.31. The van der Waals surface area contributed by atoms with E-state index in [2.05, 4.69) is 90.2 Å². The van der Waals surface area contributed by atoms with Crippen LogP contribution in [-0.4, -0.2) is 19.6 Å². The van der Waals surface area contributed by atoms with Gasteiger partial charge in [-0.1, -0.05) is 30.0 Å². The molecule has 42 heavy (non-hydrogen) atoms. The zero-order valence-electron chi connectivity index (χ0n) is 23.4. The van der Waals surface area contributed by atoms with Crippen molar-refractivity contribution in [2.75, 3.05) is 4.90 Å². The van der Waals surface area contributed by atoms with Crippen LogP contribution in [-0.2, 0) is 0 Å². The Morgan fingerprint density at radius 2 is 1.60 bits per heavy atom. The molecule has 3 heterocycles. The molecule has 5 aromatic rings. The average Bonchev–Trinajstić information content (AvgIpc) is 3.48. The Hall–Kier alpha value is -4.47. The highest BCUT2D eigenvalue weighted by Gasteiger charge is 2.42. The van der Waals surface area contributed by atoms with Gasteiger partial charge in [-0.25, -0.2) is 0 Å². The van der Waals surface area contributed by atoms with Crippen molar-refractivity contribution in [3.05, 3.63) is 142 Å². The Kier molecular flexibility index (Phi) is 7.53. The summed E-state index contributed by atoms with van der Waals surface area (Å²) in [6.07, 6.45) is 1.82. The van der Waals surface area contributed by atoms with Crippen LogP contribution in [0.3, 0.4) is 0 Å². The lowest BCUT2D eigenvalue weighted by Crippen LogP contribution is -2.29. The van der Waals surface area contributed by atoms with E-state index < -0.39 is 0 Å². The number of aryl methyl sites for hydroxylation is 2. The standard InChI is InChI=1S/C33H29N5O2S2/c1-21-7-6-8-26(19-21)36-22(2)20-29(23(36)3)32-31(30-9-4-5-18-34-30)35-33(41)37(32)24-10-14-27(15-11-24)42-28-16-12-25(13-17-28)38(39)40/h4-20,31-32H,1-3H3,(H,35,41)/t31-,32+/m1/s1. The fourth-order valence-electron chi connectivity index (χ4n) is 5.65. The van der Waals surface area contributed by atoms with Crippen LogP contribution in [0.1, 0.15) is 40.3 Å². The van der Waals surface area contributed by atoms with Crippen molar-refractivity contribution in [3.63, 3.8) is 0 Å². The van der Waals surface area contributed by atoms with Crippen molar-refractivity contribution in [1.82, 2.24) is 14.9 Å². The van der Waals surface area contributed by atoms with Gasteiger partial charge in [-0.15, -0.1) is 0 Å². The quantitative estimate of drug-likeness (QED) is 0.117. The van der Waals surface area contributed by atoms with Gasteiger partial charge in [0.25, 0.3) is 5.69 Å². The molecular weight excluding hydrogens is 563 g/mol. The van der Waals surface area contributed by atoms with Crippen LogP contribution >= 0.6 is 24.0 Å². The van der Waals surface area contributed by atoms with Gasteiger partial charge in [0.05, 0.1) is 22.7 Å². The van der Waals surface area contributed by atoms with Gasteiger partial charge in [-0.05, 0) is 111 Å². The van der Waals surface area contributed by atoms with E-state index in [1.54, 1.807) is 23.9 Å². The van der Waals surface area contributed by atoms with E-state index in [-0.39, 0.29) is 22.7 Å². The molecule has 210 valence electrons. The van der Waals surface area contributed by atoms with Gasteiger partial charge in [0.1, 0.15) is 0 Å². The topological polar surface area (TPSA) is 76.2 Å². The van der Waals surface area contributed by atoms with Crippen LogP contribution in [0.25, 0.3) is 5.69 Å². The number of hydrogen-bond acceptors (Lipinski definition) is 5. The van der Waals surface area contributed by atoms with Crippen LogP contribution in [0.15, 0.2) is 113 Å². The number of nitro groups is 1. The number of nitro benzene ring substituents is 1. The Morgan fingerprint density at radius 3 is 2.24 bits per heavy atom. The number of anilines is 1. The molecule has 0 radical (unpaired) electrons. The van der Waals surface area contributed by atoms with E-state index in [0.29, 0.717) is 5.11 Å². The maximum absolute atomic E-state index is 11.0. The molecule has 0 unspecified atom stereocenters. The lowest BCUT2D eigenvalue weighted by Gasteiger charge is -2.28. The van der Waals surface area contributed by atoms with E-state index in [0.717, 1.165) is 38.2 Å². The van der Waals surface area contributed by atoms with Crippen LogP contribution in [0.5, 0.6) is 0 Å². The Balaban J connectivity index is 1.37. The van der Waals surface area contributed by atoms with Gasteiger partial charge in [-0.2, -0.15) is 0 Å². The number of nitrogens with zero attached hydrogens (tertiary/aromatic N) is 4. The first kappa shape index (κ1) is 27.7. The molecular formula is C33H29N5O2S2. The van der Waals surface area contributed by atoms with E-state index in [1.807, 2.05) is 24.4 Å². The first-order valence-electron chi connectivity index (χ1n) is 13.6. The highest BCUT2D eigenvalue weighted by molar-refractivity contribution is 7.99. The SMILES string of the molecule is Cc1cccc(-n2c(C)cc([C@H]3[C@@H](c4ccccn4)NC(=S)N3c3ccc(Sc4ccc([N+](=O)[O-])cc4)cc3)c2C)c1. The molecule has 1 fully saturated rings. The third kappa shape index (κ3) is 5.29. The summed E-state index contributed by atoms with van der Waals surface area (Å²) in [6.45, 7) is 6.42. The smallest absolute Gasteiger partial charge is 0.269 e. The van der Waals surface area contributed by atoms with Crippen molar-refractivity contribution < 1.29 is 4.92 Å². The third-order valence-electron chi connectivity index (χ3n) is 7.55. The summed E-state index contributed by atoms with van der Waals surface area (Å²) >= 11 is 7.52. The molecule has 9 heteroatoms. The average molecular weight is 592 g/mol. The summed E-state index contributed by atoms with van der Waals surface area (Å²) in [7, 11) is 0. The molecule has 0 bridgehead atoms. The van der Waals surface area contributed by atoms with Gasteiger partial charge in [-0.3, -0.25) is 15.1 Å². The highest BCUT2D eigenvalue weighted by atomic mass is 32.2. The lowest BCUT2D eigenvalue weighted by atomic mass is 9.96. The maximum Gasteiger partial charge on any atom is 0.269 e. The van der Waals surface area contributed by atoms with Gasteiger partial charge < -0.3 is 14.8 Å². The number of non-ortho nitro benzene ring substituents is 1. The predicted octanol–water partition coefficient (Wildman–Crippen LogP) is 8.03. The third-order valence-corrected chi connectivity index (χ3v) is 8.88. The molecule has 7 nitrogen and oxygen atoms in total. The van der Waals surface area contributed by atoms with Gasteiger partial charge in [0, 0.05) is 50.9 Å². The van der Waals surface area contributed by atoms with Gasteiger partial charge in [0.15, 0.2) is 5.11 Å². The molecule has 2 aromatic heterocycles. The number of pyridine rings is 1. The highest BCUT2D eigenvalue weighted by Crippen LogP contribution is 2.44. The number of nitrogens with one attached hydrogen (secondary N) is 1. The summed E-state index contributed by atoms with van der Waals surface area (Å²) in [4.78, 5) is 19.5. The number of thiocarbonyl (C=S) groups is 1. The number of hydrogen-bond donors (Lipinski definition) is 1. The summed E-state index contributed by atoms with van der Waals surface area (Å²) in [5.41, 5.74) is 7.83. The summed E-state index contributed by atoms with van der Waals surface area (Å²) in [6, 6.07) is 31.4. The summed E-state index contributed by atoms with van der Waals surface area (Å²) in [5.74, 6) is 0. The minimum Gasteiger partial charge on any atom is -0.351 e. The Labute approximate surface area is 254 Å².